The number of anilines is 1. The van der Waals surface area contributed by atoms with Crippen LogP contribution in [0.25, 0.3) is 0 Å². The highest BCUT2D eigenvalue weighted by molar-refractivity contribution is 6.31. The van der Waals surface area contributed by atoms with E-state index in [1.807, 2.05) is 24.3 Å². The molecule has 104 valence electrons. The maximum atomic E-state index is 11.4. The number of rotatable bonds is 5. The fourth-order valence-corrected chi connectivity index (χ4v) is 2.17. The van der Waals surface area contributed by atoms with Crippen LogP contribution in [0.1, 0.15) is 21.5 Å². The van der Waals surface area contributed by atoms with Crippen molar-refractivity contribution in [2.75, 3.05) is 5.32 Å². The second-order valence-corrected chi connectivity index (χ2v) is 4.82. The zero-order valence-electron chi connectivity index (χ0n) is 10.9. The van der Waals surface area contributed by atoms with E-state index in [0.717, 1.165) is 11.1 Å². The first-order valence-corrected chi connectivity index (χ1v) is 6.59. The Hall–Kier alpha value is -2.04. The van der Waals surface area contributed by atoms with Gasteiger partial charge in [-0.15, -0.1) is 0 Å². The SMILES string of the molecule is NCc1ccccc1CNc1ccc(Cl)cc1C(N)=O. The van der Waals surface area contributed by atoms with Crippen LogP contribution in [-0.2, 0) is 13.1 Å². The maximum absolute atomic E-state index is 11.4. The molecule has 0 fully saturated rings. The molecule has 5 heteroatoms. The van der Waals surface area contributed by atoms with Crippen LogP contribution >= 0.6 is 11.6 Å². The van der Waals surface area contributed by atoms with Crippen LogP contribution < -0.4 is 16.8 Å². The molecule has 0 radical (unpaired) electrons. The maximum Gasteiger partial charge on any atom is 0.250 e. The third kappa shape index (κ3) is 3.29. The van der Waals surface area contributed by atoms with Crippen molar-refractivity contribution >= 4 is 23.2 Å². The second kappa shape index (κ2) is 6.41. The molecule has 2 aromatic rings. The zero-order chi connectivity index (χ0) is 14.5. The predicted molar refractivity (Wildman–Crippen MR) is 81.6 cm³/mol. The van der Waals surface area contributed by atoms with Crippen LogP contribution in [0, 0.1) is 0 Å². The van der Waals surface area contributed by atoms with E-state index in [1.165, 1.54) is 0 Å². The van der Waals surface area contributed by atoms with Crippen LogP contribution in [0.5, 0.6) is 0 Å². The summed E-state index contributed by atoms with van der Waals surface area (Å²) in [7, 11) is 0. The summed E-state index contributed by atoms with van der Waals surface area (Å²) in [5, 5.41) is 3.68. The topological polar surface area (TPSA) is 81.1 Å². The average Bonchev–Trinajstić information content (AvgIpc) is 2.46. The van der Waals surface area contributed by atoms with E-state index < -0.39 is 5.91 Å². The highest BCUT2D eigenvalue weighted by Crippen LogP contribution is 2.21. The van der Waals surface area contributed by atoms with Crippen molar-refractivity contribution in [3.05, 3.63) is 64.2 Å². The van der Waals surface area contributed by atoms with Gasteiger partial charge in [0.1, 0.15) is 0 Å². The molecule has 2 aromatic carbocycles. The molecule has 20 heavy (non-hydrogen) atoms. The fraction of sp³-hybridized carbons (Fsp3) is 0.133. The van der Waals surface area contributed by atoms with Crippen molar-refractivity contribution in [1.82, 2.24) is 0 Å². The Balaban J connectivity index is 2.21. The molecule has 0 atom stereocenters. The van der Waals surface area contributed by atoms with Crippen molar-refractivity contribution in [3.63, 3.8) is 0 Å². The number of hydrogen-bond donors (Lipinski definition) is 3. The van der Waals surface area contributed by atoms with Gasteiger partial charge in [-0.05, 0) is 29.3 Å². The molecule has 0 saturated carbocycles. The van der Waals surface area contributed by atoms with Gasteiger partial charge in [-0.2, -0.15) is 0 Å². The van der Waals surface area contributed by atoms with Gasteiger partial charge in [-0.25, -0.2) is 0 Å². The highest BCUT2D eigenvalue weighted by atomic mass is 35.5. The minimum absolute atomic E-state index is 0.378. The number of halogens is 1. The van der Waals surface area contributed by atoms with E-state index in [9.17, 15) is 4.79 Å². The molecular formula is C15H16ClN3O. The van der Waals surface area contributed by atoms with Gasteiger partial charge in [0.25, 0.3) is 5.91 Å². The van der Waals surface area contributed by atoms with Crippen molar-refractivity contribution in [1.29, 1.82) is 0 Å². The fourth-order valence-electron chi connectivity index (χ4n) is 1.99. The molecule has 4 nitrogen and oxygen atoms in total. The summed E-state index contributed by atoms with van der Waals surface area (Å²) in [6, 6.07) is 12.9. The number of benzene rings is 2. The average molecular weight is 290 g/mol. The third-order valence-electron chi connectivity index (χ3n) is 3.05. The number of carbonyl (C=O) groups is 1. The third-order valence-corrected chi connectivity index (χ3v) is 3.29. The Kier molecular flexibility index (Phi) is 4.61. The molecule has 0 heterocycles. The molecule has 0 saturated heterocycles. The molecule has 5 N–H and O–H groups in total. The molecule has 0 spiro atoms. The van der Waals surface area contributed by atoms with Gasteiger partial charge in [0.2, 0.25) is 0 Å². The van der Waals surface area contributed by atoms with Crippen molar-refractivity contribution in [2.24, 2.45) is 11.5 Å². The van der Waals surface area contributed by atoms with Crippen LogP contribution in [-0.4, -0.2) is 5.91 Å². The lowest BCUT2D eigenvalue weighted by atomic mass is 10.1. The lowest BCUT2D eigenvalue weighted by Gasteiger charge is -2.12. The van der Waals surface area contributed by atoms with Crippen molar-refractivity contribution < 1.29 is 4.79 Å². The van der Waals surface area contributed by atoms with Crippen LogP contribution in [0.15, 0.2) is 42.5 Å². The van der Waals surface area contributed by atoms with E-state index in [-0.39, 0.29) is 0 Å². The quantitative estimate of drug-likeness (QED) is 0.791. The molecule has 0 aromatic heterocycles. The number of amides is 1. The first kappa shape index (κ1) is 14.4. The summed E-state index contributed by atoms with van der Waals surface area (Å²) in [6.07, 6.45) is 0. The standard InChI is InChI=1S/C15H16ClN3O/c16-12-5-6-14(13(7-12)15(18)20)19-9-11-4-2-1-3-10(11)8-17/h1-7,19H,8-9,17H2,(H2,18,20). The Morgan fingerprint density at radius 3 is 2.50 bits per heavy atom. The predicted octanol–water partition coefficient (Wildman–Crippen LogP) is 2.51. The molecule has 0 aliphatic carbocycles. The van der Waals surface area contributed by atoms with Crippen molar-refractivity contribution in [2.45, 2.75) is 13.1 Å². The number of carbonyl (C=O) groups excluding carboxylic acids is 1. The Morgan fingerprint density at radius 1 is 1.15 bits per heavy atom. The summed E-state index contributed by atoms with van der Waals surface area (Å²) < 4.78 is 0. The number of primary amides is 1. The first-order valence-electron chi connectivity index (χ1n) is 6.22. The molecule has 0 aliphatic heterocycles. The van der Waals surface area contributed by atoms with E-state index in [0.29, 0.717) is 29.4 Å². The summed E-state index contributed by atoms with van der Waals surface area (Å²) in [5.41, 5.74) is 14.2. The van der Waals surface area contributed by atoms with Gasteiger partial charge < -0.3 is 16.8 Å². The molecule has 1 amide bonds. The lowest BCUT2D eigenvalue weighted by molar-refractivity contribution is 0.100. The summed E-state index contributed by atoms with van der Waals surface area (Å²) in [5.74, 6) is -0.512. The summed E-state index contributed by atoms with van der Waals surface area (Å²) in [4.78, 5) is 11.4. The van der Waals surface area contributed by atoms with Gasteiger partial charge in [0.05, 0.1) is 5.56 Å². The molecule has 0 aliphatic rings. The van der Waals surface area contributed by atoms with Crippen LogP contribution in [0.4, 0.5) is 5.69 Å². The summed E-state index contributed by atoms with van der Waals surface area (Å²) >= 11 is 5.87. The first-order chi connectivity index (χ1) is 9.61. The van der Waals surface area contributed by atoms with E-state index in [4.69, 9.17) is 23.1 Å². The van der Waals surface area contributed by atoms with Crippen LogP contribution in [0.2, 0.25) is 5.02 Å². The van der Waals surface area contributed by atoms with E-state index in [1.54, 1.807) is 18.2 Å². The Labute approximate surface area is 122 Å². The highest BCUT2D eigenvalue weighted by Gasteiger charge is 2.09. The molecule has 0 unspecified atom stereocenters. The molecular weight excluding hydrogens is 274 g/mol. The molecule has 0 bridgehead atoms. The van der Waals surface area contributed by atoms with Gasteiger partial charge in [0.15, 0.2) is 0 Å². The number of hydrogen-bond acceptors (Lipinski definition) is 3. The number of nitrogens with two attached hydrogens (primary N) is 2. The monoisotopic (exact) mass is 289 g/mol. The lowest BCUT2D eigenvalue weighted by Crippen LogP contribution is -2.15. The Morgan fingerprint density at radius 2 is 1.85 bits per heavy atom. The molecule has 2 rings (SSSR count). The summed E-state index contributed by atoms with van der Waals surface area (Å²) in [6.45, 7) is 1.04. The minimum atomic E-state index is -0.512. The van der Waals surface area contributed by atoms with Gasteiger partial charge >= 0.3 is 0 Å². The normalized spacial score (nSPS) is 10.3. The second-order valence-electron chi connectivity index (χ2n) is 4.38. The van der Waals surface area contributed by atoms with Gasteiger partial charge in [-0.1, -0.05) is 35.9 Å². The van der Waals surface area contributed by atoms with Crippen molar-refractivity contribution in [3.8, 4) is 0 Å². The zero-order valence-corrected chi connectivity index (χ0v) is 11.7. The van der Waals surface area contributed by atoms with Gasteiger partial charge in [0, 0.05) is 23.8 Å². The smallest absolute Gasteiger partial charge is 0.250 e. The Bertz CT molecular complexity index is 628. The van der Waals surface area contributed by atoms with Crippen LogP contribution in [0.3, 0.4) is 0 Å². The van der Waals surface area contributed by atoms with E-state index >= 15 is 0 Å². The largest absolute Gasteiger partial charge is 0.380 e. The van der Waals surface area contributed by atoms with Gasteiger partial charge in [-0.3, -0.25) is 4.79 Å². The van der Waals surface area contributed by atoms with E-state index in [2.05, 4.69) is 5.32 Å². The number of nitrogens with one attached hydrogen (secondary N) is 1. The minimum Gasteiger partial charge on any atom is -0.380 e.